The van der Waals surface area contributed by atoms with E-state index < -0.39 is 11.4 Å². The van der Waals surface area contributed by atoms with Crippen molar-refractivity contribution in [2.24, 2.45) is 0 Å². The van der Waals surface area contributed by atoms with Gasteiger partial charge in [0.15, 0.2) is 0 Å². The van der Waals surface area contributed by atoms with Gasteiger partial charge in [-0.1, -0.05) is 36.4 Å². The van der Waals surface area contributed by atoms with Crippen LogP contribution < -0.4 is 0 Å². The molecule has 1 saturated heterocycles. The molecule has 0 bridgehead atoms. The summed E-state index contributed by atoms with van der Waals surface area (Å²) >= 11 is 0. The second-order valence-corrected chi connectivity index (χ2v) is 5.29. The molecule has 1 aliphatic heterocycles. The third-order valence-corrected chi connectivity index (χ3v) is 4.08. The molecule has 106 valence electrons. The zero-order chi connectivity index (χ0) is 14.8. The molecule has 1 aromatic rings. The van der Waals surface area contributed by atoms with Crippen LogP contribution in [0.3, 0.4) is 0 Å². The second-order valence-electron chi connectivity index (χ2n) is 5.29. The number of nitrogens with zero attached hydrogens (tertiary/aromatic N) is 1. The molecule has 0 aliphatic carbocycles. The van der Waals surface area contributed by atoms with E-state index in [1.165, 1.54) is 6.08 Å². The minimum atomic E-state index is -0.885. The Hall–Kier alpha value is -2.10. The molecule has 0 spiro atoms. The Morgan fingerprint density at radius 2 is 2.00 bits per heavy atom. The number of rotatable bonds is 3. The van der Waals surface area contributed by atoms with Crippen molar-refractivity contribution in [3.63, 3.8) is 0 Å². The molecule has 2 rings (SSSR count). The molecule has 1 heterocycles. The van der Waals surface area contributed by atoms with Crippen LogP contribution in [0.2, 0.25) is 0 Å². The first kappa shape index (κ1) is 14.3. The Morgan fingerprint density at radius 3 is 2.50 bits per heavy atom. The molecule has 0 saturated carbocycles. The molecule has 1 aliphatic rings. The van der Waals surface area contributed by atoms with Crippen molar-refractivity contribution < 1.29 is 14.7 Å². The predicted molar refractivity (Wildman–Crippen MR) is 76.5 cm³/mol. The van der Waals surface area contributed by atoms with E-state index in [4.69, 9.17) is 0 Å². The topological polar surface area (TPSA) is 57.6 Å². The first-order valence-electron chi connectivity index (χ1n) is 6.71. The fourth-order valence-electron chi connectivity index (χ4n) is 2.81. The highest BCUT2D eigenvalue weighted by Crippen LogP contribution is 2.36. The largest absolute Gasteiger partial charge is 0.481 e. The summed E-state index contributed by atoms with van der Waals surface area (Å²) in [6, 6.07) is 7.64. The summed E-state index contributed by atoms with van der Waals surface area (Å²) < 4.78 is 0. The van der Waals surface area contributed by atoms with E-state index in [0.717, 1.165) is 11.1 Å². The summed E-state index contributed by atoms with van der Waals surface area (Å²) in [5.41, 5.74) is 0.993. The zero-order valence-corrected chi connectivity index (χ0v) is 11.6. The van der Waals surface area contributed by atoms with Crippen molar-refractivity contribution in [3.05, 3.63) is 48.0 Å². The van der Waals surface area contributed by atoms with Crippen LogP contribution in [0.15, 0.2) is 36.9 Å². The van der Waals surface area contributed by atoms with Gasteiger partial charge in [0.05, 0.1) is 5.41 Å². The number of likely N-dealkylation sites (tertiary alicyclic amines) is 1. The van der Waals surface area contributed by atoms with Crippen molar-refractivity contribution in [2.75, 3.05) is 13.1 Å². The SMILES string of the molecule is C=CC(=O)N1CCC(C(=O)O)(c2cccc(C)c2)CC1. The fraction of sp³-hybridized carbons (Fsp3) is 0.375. The van der Waals surface area contributed by atoms with E-state index in [-0.39, 0.29) is 5.91 Å². The van der Waals surface area contributed by atoms with Crippen LogP contribution in [0, 0.1) is 6.92 Å². The number of carboxylic acids is 1. The summed E-state index contributed by atoms with van der Waals surface area (Å²) in [6.45, 7) is 6.32. The maximum atomic E-state index is 11.8. The minimum Gasteiger partial charge on any atom is -0.481 e. The quantitative estimate of drug-likeness (QED) is 0.858. The van der Waals surface area contributed by atoms with E-state index in [9.17, 15) is 14.7 Å². The van der Waals surface area contributed by atoms with Gasteiger partial charge < -0.3 is 10.0 Å². The molecule has 20 heavy (non-hydrogen) atoms. The average molecular weight is 273 g/mol. The molecular weight excluding hydrogens is 254 g/mol. The zero-order valence-electron chi connectivity index (χ0n) is 11.6. The van der Waals surface area contributed by atoms with Crippen LogP contribution in [0.5, 0.6) is 0 Å². The lowest BCUT2D eigenvalue weighted by Gasteiger charge is -2.39. The highest BCUT2D eigenvalue weighted by molar-refractivity contribution is 5.88. The first-order chi connectivity index (χ1) is 9.49. The van der Waals surface area contributed by atoms with E-state index >= 15 is 0 Å². The van der Waals surface area contributed by atoms with Crippen LogP contribution in [-0.2, 0) is 15.0 Å². The normalized spacial score (nSPS) is 17.6. The van der Waals surface area contributed by atoms with Crippen molar-refractivity contribution >= 4 is 11.9 Å². The summed E-state index contributed by atoms with van der Waals surface area (Å²) in [7, 11) is 0. The van der Waals surface area contributed by atoms with Crippen LogP contribution >= 0.6 is 0 Å². The average Bonchev–Trinajstić information content (AvgIpc) is 2.46. The van der Waals surface area contributed by atoms with Gasteiger partial charge in [-0.25, -0.2) is 0 Å². The summed E-state index contributed by atoms with van der Waals surface area (Å²) in [4.78, 5) is 25.1. The van der Waals surface area contributed by atoms with Gasteiger partial charge in [0.2, 0.25) is 5.91 Å². The molecule has 4 heteroatoms. The van der Waals surface area contributed by atoms with Crippen LogP contribution in [-0.4, -0.2) is 35.0 Å². The van der Waals surface area contributed by atoms with Gasteiger partial charge in [-0.05, 0) is 31.4 Å². The maximum absolute atomic E-state index is 11.8. The summed E-state index contributed by atoms with van der Waals surface area (Å²) in [5.74, 6) is -0.943. The standard InChI is InChI=1S/C16H19NO3/c1-3-14(18)17-9-7-16(8-10-17,15(19)20)13-6-4-5-12(2)11-13/h3-6,11H,1,7-10H2,2H3,(H,19,20). The number of amides is 1. The molecule has 1 aromatic carbocycles. The molecule has 0 atom stereocenters. The highest BCUT2D eigenvalue weighted by atomic mass is 16.4. The van der Waals surface area contributed by atoms with Gasteiger partial charge in [0.25, 0.3) is 0 Å². The van der Waals surface area contributed by atoms with Gasteiger partial charge in [-0.3, -0.25) is 9.59 Å². The molecular formula is C16H19NO3. The Bertz CT molecular complexity index is 542. The molecule has 4 nitrogen and oxygen atoms in total. The molecule has 0 aromatic heterocycles. The summed E-state index contributed by atoms with van der Waals surface area (Å²) in [6.07, 6.45) is 2.15. The Kier molecular flexibility index (Phi) is 3.93. The van der Waals surface area contributed by atoms with Crippen molar-refractivity contribution in [1.82, 2.24) is 4.90 Å². The lowest BCUT2D eigenvalue weighted by atomic mass is 9.72. The van der Waals surface area contributed by atoms with Crippen LogP contribution in [0.25, 0.3) is 0 Å². The van der Waals surface area contributed by atoms with Crippen molar-refractivity contribution in [2.45, 2.75) is 25.2 Å². The van der Waals surface area contributed by atoms with Gasteiger partial charge >= 0.3 is 5.97 Å². The van der Waals surface area contributed by atoms with Gasteiger partial charge in [0.1, 0.15) is 0 Å². The molecule has 0 radical (unpaired) electrons. The van der Waals surface area contributed by atoms with Gasteiger partial charge in [0, 0.05) is 13.1 Å². The van der Waals surface area contributed by atoms with Gasteiger partial charge in [-0.15, -0.1) is 0 Å². The fourth-order valence-corrected chi connectivity index (χ4v) is 2.81. The third kappa shape index (κ3) is 2.46. The second kappa shape index (κ2) is 5.49. The van der Waals surface area contributed by atoms with E-state index in [1.807, 2.05) is 31.2 Å². The number of carboxylic acid groups (broad SMARTS) is 1. The lowest BCUT2D eigenvalue weighted by Crippen LogP contribution is -2.48. The maximum Gasteiger partial charge on any atom is 0.314 e. The Balaban J connectivity index is 2.28. The number of hydrogen-bond donors (Lipinski definition) is 1. The number of hydrogen-bond acceptors (Lipinski definition) is 2. The lowest BCUT2D eigenvalue weighted by molar-refractivity contribution is -0.147. The monoisotopic (exact) mass is 273 g/mol. The van der Waals surface area contributed by atoms with Crippen LogP contribution in [0.1, 0.15) is 24.0 Å². The summed E-state index contributed by atoms with van der Waals surface area (Å²) in [5, 5.41) is 9.69. The highest BCUT2D eigenvalue weighted by Gasteiger charge is 2.43. The van der Waals surface area contributed by atoms with E-state index in [1.54, 1.807) is 4.90 Å². The number of carbonyl (C=O) groups excluding carboxylic acids is 1. The number of benzene rings is 1. The minimum absolute atomic E-state index is 0.131. The Morgan fingerprint density at radius 1 is 1.35 bits per heavy atom. The van der Waals surface area contributed by atoms with Crippen LogP contribution in [0.4, 0.5) is 0 Å². The predicted octanol–water partition coefficient (Wildman–Crippen LogP) is 2.13. The van der Waals surface area contributed by atoms with E-state index in [0.29, 0.717) is 25.9 Å². The molecule has 0 unspecified atom stereocenters. The van der Waals surface area contributed by atoms with Crippen molar-refractivity contribution in [3.8, 4) is 0 Å². The van der Waals surface area contributed by atoms with E-state index in [2.05, 4.69) is 6.58 Å². The molecule has 1 fully saturated rings. The van der Waals surface area contributed by atoms with Gasteiger partial charge in [-0.2, -0.15) is 0 Å². The van der Waals surface area contributed by atoms with Crippen molar-refractivity contribution in [1.29, 1.82) is 0 Å². The molecule has 1 amide bonds. The Labute approximate surface area is 118 Å². The first-order valence-corrected chi connectivity index (χ1v) is 6.71. The smallest absolute Gasteiger partial charge is 0.314 e. The number of carbonyl (C=O) groups is 2. The third-order valence-electron chi connectivity index (χ3n) is 4.08. The molecule has 1 N–H and O–H groups in total. The number of aryl methyl sites for hydroxylation is 1. The number of aliphatic carboxylic acids is 1. The number of piperidine rings is 1.